The fraction of sp³-hybridized carbons (Fsp3) is 0.524. The fourth-order valence-corrected chi connectivity index (χ4v) is 4.54. The standard InChI is InChI=1S/C21H26Cl2N4O2/c1-14-24-13-19(29-14)21(28)25-16-11-15(12-16)5-6-26-7-9-27(10-8-26)18-4-2-3-17(22)20(18)23/h2-4,13,15-16H,5-12H2,1H3,(H,25,28). The average molecular weight is 437 g/mol. The van der Waals surface area contributed by atoms with Gasteiger partial charge in [-0.3, -0.25) is 9.69 Å². The van der Waals surface area contributed by atoms with E-state index >= 15 is 0 Å². The van der Waals surface area contributed by atoms with Crippen molar-refractivity contribution >= 4 is 34.8 Å². The number of nitrogens with zero attached hydrogens (tertiary/aromatic N) is 3. The summed E-state index contributed by atoms with van der Waals surface area (Å²) in [6.07, 6.45) is 4.73. The van der Waals surface area contributed by atoms with Crippen molar-refractivity contribution in [1.29, 1.82) is 0 Å². The summed E-state index contributed by atoms with van der Waals surface area (Å²) in [5, 5.41) is 4.28. The molecule has 0 spiro atoms. The lowest BCUT2D eigenvalue weighted by atomic mass is 9.78. The van der Waals surface area contributed by atoms with E-state index in [0.717, 1.165) is 51.3 Å². The van der Waals surface area contributed by atoms with E-state index in [0.29, 0.717) is 27.6 Å². The Balaban J connectivity index is 1.15. The molecule has 1 aliphatic heterocycles. The number of aromatic nitrogens is 1. The maximum atomic E-state index is 12.1. The number of carbonyl (C=O) groups is 1. The van der Waals surface area contributed by atoms with Gasteiger partial charge in [0, 0.05) is 39.1 Å². The highest BCUT2D eigenvalue weighted by Gasteiger charge is 2.31. The number of anilines is 1. The van der Waals surface area contributed by atoms with Gasteiger partial charge in [0.05, 0.1) is 21.9 Å². The molecule has 0 radical (unpaired) electrons. The largest absolute Gasteiger partial charge is 0.436 e. The Morgan fingerprint density at radius 1 is 1.24 bits per heavy atom. The molecule has 2 aliphatic rings. The lowest BCUT2D eigenvalue weighted by Gasteiger charge is -2.39. The molecule has 0 atom stereocenters. The zero-order valence-electron chi connectivity index (χ0n) is 16.5. The first-order chi connectivity index (χ1) is 14.0. The second kappa shape index (κ2) is 8.94. The normalized spacial score (nSPS) is 22.4. The fourth-order valence-electron chi connectivity index (χ4n) is 4.13. The van der Waals surface area contributed by atoms with Crippen molar-refractivity contribution in [2.45, 2.75) is 32.2 Å². The first-order valence-electron chi connectivity index (χ1n) is 10.1. The number of hydrogen-bond donors (Lipinski definition) is 1. The first-order valence-corrected chi connectivity index (χ1v) is 10.9. The minimum absolute atomic E-state index is 0.162. The van der Waals surface area contributed by atoms with Crippen molar-refractivity contribution in [1.82, 2.24) is 15.2 Å². The van der Waals surface area contributed by atoms with Crippen molar-refractivity contribution in [3.05, 3.63) is 46.1 Å². The second-order valence-electron chi connectivity index (χ2n) is 7.94. The van der Waals surface area contributed by atoms with Crippen molar-refractivity contribution in [2.75, 3.05) is 37.6 Å². The van der Waals surface area contributed by atoms with Crippen molar-refractivity contribution in [3.63, 3.8) is 0 Å². The summed E-state index contributed by atoms with van der Waals surface area (Å²) < 4.78 is 5.27. The van der Waals surface area contributed by atoms with E-state index in [1.807, 2.05) is 18.2 Å². The van der Waals surface area contributed by atoms with Crippen LogP contribution >= 0.6 is 23.2 Å². The third-order valence-electron chi connectivity index (χ3n) is 5.91. The lowest BCUT2D eigenvalue weighted by Crippen LogP contribution is -2.48. The molecule has 29 heavy (non-hydrogen) atoms. The third-order valence-corrected chi connectivity index (χ3v) is 6.72. The van der Waals surface area contributed by atoms with Crippen LogP contribution < -0.4 is 10.2 Å². The molecule has 2 heterocycles. The summed E-state index contributed by atoms with van der Waals surface area (Å²) >= 11 is 12.5. The molecule has 1 aromatic heterocycles. The molecule has 1 aliphatic carbocycles. The van der Waals surface area contributed by atoms with Crippen molar-refractivity contribution < 1.29 is 9.21 Å². The summed E-state index contributed by atoms with van der Waals surface area (Å²) in [4.78, 5) is 20.9. The van der Waals surface area contributed by atoms with Crippen LogP contribution in [-0.4, -0.2) is 54.6 Å². The van der Waals surface area contributed by atoms with E-state index < -0.39 is 0 Å². The predicted molar refractivity (Wildman–Crippen MR) is 115 cm³/mol. The molecule has 1 saturated carbocycles. The lowest BCUT2D eigenvalue weighted by molar-refractivity contribution is 0.0848. The van der Waals surface area contributed by atoms with Gasteiger partial charge >= 0.3 is 0 Å². The van der Waals surface area contributed by atoms with Gasteiger partial charge in [0.2, 0.25) is 5.76 Å². The molecule has 156 valence electrons. The van der Waals surface area contributed by atoms with Gasteiger partial charge in [0.25, 0.3) is 5.91 Å². The van der Waals surface area contributed by atoms with Gasteiger partial charge in [0.1, 0.15) is 0 Å². The second-order valence-corrected chi connectivity index (χ2v) is 8.73. The Kier molecular flexibility index (Phi) is 6.32. The van der Waals surface area contributed by atoms with Crippen LogP contribution in [0.2, 0.25) is 10.0 Å². The highest BCUT2D eigenvalue weighted by atomic mass is 35.5. The van der Waals surface area contributed by atoms with Gasteiger partial charge in [-0.05, 0) is 43.9 Å². The minimum atomic E-state index is -0.162. The molecular formula is C21H26Cl2N4O2. The van der Waals surface area contributed by atoms with Crippen molar-refractivity contribution in [3.8, 4) is 0 Å². The van der Waals surface area contributed by atoms with Gasteiger partial charge in [0.15, 0.2) is 5.89 Å². The van der Waals surface area contributed by atoms with E-state index in [1.165, 1.54) is 12.6 Å². The molecule has 2 aromatic rings. The Morgan fingerprint density at radius 2 is 2.00 bits per heavy atom. The number of carbonyl (C=O) groups excluding carboxylic acids is 1. The molecule has 0 unspecified atom stereocenters. The van der Waals surface area contributed by atoms with Crippen LogP contribution in [0.1, 0.15) is 35.7 Å². The summed E-state index contributed by atoms with van der Waals surface area (Å²) in [6.45, 7) is 6.81. The number of piperazine rings is 1. The molecule has 4 rings (SSSR count). The summed E-state index contributed by atoms with van der Waals surface area (Å²) in [6, 6.07) is 6.06. The molecule has 1 aromatic carbocycles. The average Bonchev–Trinajstić information content (AvgIpc) is 3.12. The molecule has 1 saturated heterocycles. The van der Waals surface area contributed by atoms with E-state index in [-0.39, 0.29) is 11.9 Å². The van der Waals surface area contributed by atoms with E-state index in [2.05, 4.69) is 20.1 Å². The SMILES string of the molecule is Cc1ncc(C(=O)NC2CC(CCN3CCN(c4cccc(Cl)c4Cl)CC3)C2)o1. The quantitative estimate of drug-likeness (QED) is 0.740. The molecule has 0 bridgehead atoms. The number of hydrogen-bond acceptors (Lipinski definition) is 5. The third kappa shape index (κ3) is 4.87. The molecule has 6 nitrogen and oxygen atoms in total. The van der Waals surface area contributed by atoms with E-state index in [1.54, 1.807) is 6.92 Å². The summed E-state index contributed by atoms with van der Waals surface area (Å²) in [5.74, 6) is 1.32. The van der Waals surface area contributed by atoms with E-state index in [9.17, 15) is 4.79 Å². The summed E-state index contributed by atoms with van der Waals surface area (Å²) in [5.41, 5.74) is 1.03. The number of halogens is 2. The number of benzene rings is 1. The Morgan fingerprint density at radius 3 is 2.69 bits per heavy atom. The maximum absolute atomic E-state index is 12.1. The molecule has 8 heteroatoms. The van der Waals surface area contributed by atoms with Crippen LogP contribution in [0, 0.1) is 12.8 Å². The van der Waals surface area contributed by atoms with Gasteiger partial charge in [-0.15, -0.1) is 0 Å². The van der Waals surface area contributed by atoms with Crippen LogP contribution in [0.3, 0.4) is 0 Å². The van der Waals surface area contributed by atoms with Crippen LogP contribution in [0.15, 0.2) is 28.8 Å². The first kappa shape index (κ1) is 20.5. The van der Waals surface area contributed by atoms with Gasteiger partial charge in [-0.25, -0.2) is 4.98 Å². The number of nitrogens with one attached hydrogen (secondary N) is 1. The van der Waals surface area contributed by atoms with Crippen LogP contribution in [0.25, 0.3) is 0 Å². The van der Waals surface area contributed by atoms with Crippen LogP contribution in [-0.2, 0) is 0 Å². The van der Waals surface area contributed by atoms with Crippen LogP contribution in [0.5, 0.6) is 0 Å². The highest BCUT2D eigenvalue weighted by Crippen LogP contribution is 2.33. The highest BCUT2D eigenvalue weighted by molar-refractivity contribution is 6.43. The zero-order valence-corrected chi connectivity index (χ0v) is 18.0. The van der Waals surface area contributed by atoms with E-state index in [4.69, 9.17) is 27.6 Å². The Labute approximate surface area is 181 Å². The Bertz CT molecular complexity index is 858. The Hall–Kier alpha value is -1.76. The van der Waals surface area contributed by atoms with Gasteiger partial charge in [-0.2, -0.15) is 0 Å². The minimum Gasteiger partial charge on any atom is -0.436 e. The number of amides is 1. The monoisotopic (exact) mass is 436 g/mol. The molecule has 2 fully saturated rings. The number of rotatable bonds is 6. The number of aryl methyl sites for hydroxylation is 1. The van der Waals surface area contributed by atoms with Crippen LogP contribution in [0.4, 0.5) is 5.69 Å². The molecule has 1 amide bonds. The number of oxazole rings is 1. The maximum Gasteiger partial charge on any atom is 0.288 e. The van der Waals surface area contributed by atoms with Gasteiger partial charge < -0.3 is 14.6 Å². The smallest absolute Gasteiger partial charge is 0.288 e. The predicted octanol–water partition coefficient (Wildman–Crippen LogP) is 4.01. The van der Waals surface area contributed by atoms with Gasteiger partial charge in [-0.1, -0.05) is 29.3 Å². The topological polar surface area (TPSA) is 61.6 Å². The zero-order chi connectivity index (χ0) is 20.4. The molecular weight excluding hydrogens is 411 g/mol. The summed E-state index contributed by atoms with van der Waals surface area (Å²) in [7, 11) is 0. The molecule has 1 N–H and O–H groups in total. The van der Waals surface area contributed by atoms with Crippen molar-refractivity contribution in [2.24, 2.45) is 5.92 Å².